The number of furan rings is 1. The molecule has 6 heteroatoms. The zero-order valence-corrected chi connectivity index (χ0v) is 14.1. The van der Waals surface area contributed by atoms with Gasteiger partial charge in [0.15, 0.2) is 0 Å². The number of carbonyl (C=O) groups excluding carboxylic acids is 1. The molecule has 0 aliphatic carbocycles. The van der Waals surface area contributed by atoms with Crippen LogP contribution in [0, 0.1) is 0 Å². The van der Waals surface area contributed by atoms with Crippen LogP contribution in [0.4, 0.5) is 0 Å². The number of aromatic nitrogens is 1. The fourth-order valence-electron chi connectivity index (χ4n) is 2.91. The number of likely N-dealkylation sites (N-methyl/N-ethyl adjacent to an activating group) is 1. The molecule has 0 N–H and O–H groups in total. The number of rotatable bonds is 6. The second-order valence-electron chi connectivity index (χ2n) is 6.21. The van der Waals surface area contributed by atoms with E-state index in [1.165, 1.54) is 0 Å². The molecule has 6 nitrogen and oxygen atoms in total. The lowest BCUT2D eigenvalue weighted by Crippen LogP contribution is -2.30. The highest BCUT2D eigenvalue weighted by atomic mass is 16.5. The Labute approximate surface area is 142 Å². The van der Waals surface area contributed by atoms with Crippen LogP contribution >= 0.6 is 0 Å². The van der Waals surface area contributed by atoms with Crippen molar-refractivity contribution in [3.63, 3.8) is 0 Å². The minimum absolute atomic E-state index is 0.00578. The maximum absolute atomic E-state index is 12.9. The molecule has 1 saturated heterocycles. The van der Waals surface area contributed by atoms with E-state index < -0.39 is 0 Å². The Morgan fingerprint density at radius 3 is 3.08 bits per heavy atom. The van der Waals surface area contributed by atoms with Crippen molar-refractivity contribution in [2.75, 3.05) is 33.8 Å². The molecule has 128 valence electrons. The molecule has 0 saturated carbocycles. The molecular weight excluding hydrogens is 306 g/mol. The summed E-state index contributed by atoms with van der Waals surface area (Å²) in [6.07, 6.45) is 5.18. The number of likely N-dealkylation sites (tertiary alicyclic amines) is 1. The lowest BCUT2D eigenvalue weighted by molar-refractivity contribution is 0.0719. The van der Waals surface area contributed by atoms with Crippen molar-refractivity contribution in [1.82, 2.24) is 14.8 Å². The number of pyridine rings is 1. The van der Waals surface area contributed by atoms with Gasteiger partial charge < -0.3 is 19.0 Å². The Hall–Kier alpha value is -2.34. The number of nitrogens with zero attached hydrogens (tertiary/aromatic N) is 3. The highest BCUT2D eigenvalue weighted by Crippen LogP contribution is 2.33. The van der Waals surface area contributed by atoms with Crippen LogP contribution in [0.2, 0.25) is 0 Å². The van der Waals surface area contributed by atoms with Crippen molar-refractivity contribution in [2.24, 2.45) is 0 Å². The first kappa shape index (κ1) is 16.5. The summed E-state index contributed by atoms with van der Waals surface area (Å²) in [5.41, 5.74) is 0.600. The van der Waals surface area contributed by atoms with Crippen LogP contribution in [-0.4, -0.2) is 54.5 Å². The smallest absolute Gasteiger partial charge is 0.254 e. The van der Waals surface area contributed by atoms with Gasteiger partial charge in [-0.1, -0.05) is 0 Å². The monoisotopic (exact) mass is 329 g/mol. The number of hydrogen-bond acceptors (Lipinski definition) is 5. The summed E-state index contributed by atoms with van der Waals surface area (Å²) < 4.78 is 11.1. The second kappa shape index (κ2) is 7.49. The summed E-state index contributed by atoms with van der Waals surface area (Å²) in [4.78, 5) is 21.0. The van der Waals surface area contributed by atoms with Crippen LogP contribution in [0.15, 0.2) is 41.1 Å². The lowest BCUT2D eigenvalue weighted by Gasteiger charge is -2.23. The predicted octanol–water partition coefficient (Wildman–Crippen LogP) is 2.59. The van der Waals surface area contributed by atoms with Crippen LogP contribution in [0.5, 0.6) is 5.88 Å². The van der Waals surface area contributed by atoms with Gasteiger partial charge in [0.05, 0.1) is 12.3 Å². The van der Waals surface area contributed by atoms with Gasteiger partial charge in [0, 0.05) is 30.9 Å². The molecule has 0 radical (unpaired) electrons. The second-order valence-corrected chi connectivity index (χ2v) is 6.21. The normalized spacial score (nSPS) is 17.5. The number of carbonyl (C=O) groups is 1. The summed E-state index contributed by atoms with van der Waals surface area (Å²) in [5.74, 6) is 1.32. The topological polar surface area (TPSA) is 58.8 Å². The molecule has 3 heterocycles. The molecular formula is C18H23N3O3. The van der Waals surface area contributed by atoms with E-state index in [0.29, 0.717) is 18.1 Å². The fraction of sp³-hybridized carbons (Fsp3) is 0.444. The van der Waals surface area contributed by atoms with E-state index in [1.807, 2.05) is 36.0 Å². The van der Waals surface area contributed by atoms with Gasteiger partial charge in [-0.25, -0.2) is 4.98 Å². The standard InChI is InChI=1S/C18H23N3O3/c1-20(2)10-12-24-17-13-14(7-8-19-17)18(22)21-9-3-5-15(21)16-6-4-11-23-16/h4,6-8,11,13,15H,3,5,9-10,12H2,1-2H3. The van der Waals surface area contributed by atoms with E-state index >= 15 is 0 Å². The van der Waals surface area contributed by atoms with E-state index in [4.69, 9.17) is 9.15 Å². The number of hydrogen-bond donors (Lipinski definition) is 0. The van der Waals surface area contributed by atoms with Gasteiger partial charge in [-0.2, -0.15) is 0 Å². The van der Waals surface area contributed by atoms with Gasteiger partial charge in [0.2, 0.25) is 5.88 Å². The first-order valence-electron chi connectivity index (χ1n) is 8.23. The molecule has 1 fully saturated rings. The third-order valence-electron chi connectivity index (χ3n) is 4.16. The van der Waals surface area contributed by atoms with Crippen LogP contribution in [0.25, 0.3) is 0 Å². The number of ether oxygens (including phenoxy) is 1. The van der Waals surface area contributed by atoms with E-state index in [-0.39, 0.29) is 11.9 Å². The van der Waals surface area contributed by atoms with Gasteiger partial charge in [0.1, 0.15) is 12.4 Å². The van der Waals surface area contributed by atoms with Crippen LogP contribution in [0.3, 0.4) is 0 Å². The predicted molar refractivity (Wildman–Crippen MR) is 90.0 cm³/mol. The first-order valence-corrected chi connectivity index (χ1v) is 8.23. The molecule has 0 bridgehead atoms. The summed E-state index contributed by atoms with van der Waals surface area (Å²) in [7, 11) is 3.97. The molecule has 1 aliphatic rings. The average Bonchev–Trinajstić information content (AvgIpc) is 3.25. The van der Waals surface area contributed by atoms with Crippen molar-refractivity contribution < 1.29 is 13.9 Å². The van der Waals surface area contributed by atoms with Crippen molar-refractivity contribution in [3.05, 3.63) is 48.0 Å². The van der Waals surface area contributed by atoms with Gasteiger partial charge in [-0.05, 0) is 45.1 Å². The van der Waals surface area contributed by atoms with Crippen molar-refractivity contribution in [3.8, 4) is 5.88 Å². The molecule has 1 unspecified atom stereocenters. The Balaban J connectivity index is 1.70. The zero-order valence-electron chi connectivity index (χ0n) is 14.1. The van der Waals surface area contributed by atoms with E-state index in [1.54, 1.807) is 24.6 Å². The first-order chi connectivity index (χ1) is 11.6. The summed E-state index contributed by atoms with van der Waals surface area (Å²) in [5, 5.41) is 0. The van der Waals surface area contributed by atoms with Crippen molar-refractivity contribution in [1.29, 1.82) is 0 Å². The summed E-state index contributed by atoms with van der Waals surface area (Å²) in [6, 6.07) is 7.26. The Morgan fingerprint density at radius 2 is 2.33 bits per heavy atom. The molecule has 1 atom stereocenters. The van der Waals surface area contributed by atoms with Crippen LogP contribution in [-0.2, 0) is 0 Å². The van der Waals surface area contributed by atoms with Gasteiger partial charge in [0.25, 0.3) is 5.91 Å². The Kier molecular flexibility index (Phi) is 5.15. The average molecular weight is 329 g/mol. The highest BCUT2D eigenvalue weighted by molar-refractivity contribution is 5.94. The SMILES string of the molecule is CN(C)CCOc1cc(C(=O)N2CCCC2c2ccco2)ccn1. The van der Waals surface area contributed by atoms with Crippen LogP contribution < -0.4 is 4.74 Å². The molecule has 2 aromatic heterocycles. The Bertz CT molecular complexity index is 670. The molecule has 0 aromatic carbocycles. The summed E-state index contributed by atoms with van der Waals surface area (Å²) >= 11 is 0. The molecule has 2 aromatic rings. The quantitative estimate of drug-likeness (QED) is 0.815. The van der Waals surface area contributed by atoms with E-state index in [2.05, 4.69) is 4.98 Å². The molecule has 1 amide bonds. The number of amides is 1. The highest BCUT2D eigenvalue weighted by Gasteiger charge is 2.32. The van der Waals surface area contributed by atoms with Crippen molar-refractivity contribution in [2.45, 2.75) is 18.9 Å². The van der Waals surface area contributed by atoms with Gasteiger partial charge >= 0.3 is 0 Å². The maximum atomic E-state index is 12.9. The minimum atomic E-state index is -0.00578. The van der Waals surface area contributed by atoms with E-state index in [9.17, 15) is 4.79 Å². The third-order valence-corrected chi connectivity index (χ3v) is 4.16. The van der Waals surface area contributed by atoms with Crippen molar-refractivity contribution >= 4 is 5.91 Å². The minimum Gasteiger partial charge on any atom is -0.476 e. The molecule has 1 aliphatic heterocycles. The maximum Gasteiger partial charge on any atom is 0.254 e. The molecule has 24 heavy (non-hydrogen) atoms. The van der Waals surface area contributed by atoms with Crippen LogP contribution in [0.1, 0.15) is 35.0 Å². The summed E-state index contributed by atoms with van der Waals surface area (Å²) in [6.45, 7) is 2.08. The Morgan fingerprint density at radius 1 is 1.46 bits per heavy atom. The largest absolute Gasteiger partial charge is 0.476 e. The fourth-order valence-corrected chi connectivity index (χ4v) is 2.91. The van der Waals surface area contributed by atoms with Gasteiger partial charge in [-0.3, -0.25) is 4.79 Å². The van der Waals surface area contributed by atoms with Gasteiger partial charge in [-0.15, -0.1) is 0 Å². The lowest BCUT2D eigenvalue weighted by atomic mass is 10.1. The molecule has 0 spiro atoms. The third kappa shape index (κ3) is 3.76. The molecule has 3 rings (SSSR count). The zero-order chi connectivity index (χ0) is 16.9. The van der Waals surface area contributed by atoms with E-state index in [0.717, 1.165) is 31.7 Å².